The molecule has 134 valence electrons. The Labute approximate surface area is 154 Å². The van der Waals surface area contributed by atoms with Gasteiger partial charge in [-0.2, -0.15) is 5.10 Å². The normalized spacial score (nSPS) is 10.8. The van der Waals surface area contributed by atoms with Crippen LogP contribution in [0.4, 0.5) is 5.69 Å². The number of esters is 1. The van der Waals surface area contributed by atoms with Crippen molar-refractivity contribution in [2.75, 3.05) is 6.61 Å². The molecule has 0 amide bonds. The van der Waals surface area contributed by atoms with E-state index in [0.717, 1.165) is 5.69 Å². The molecule has 0 atom stereocenters. The van der Waals surface area contributed by atoms with Gasteiger partial charge in [-0.15, -0.1) is 0 Å². The fourth-order valence-electron chi connectivity index (χ4n) is 2.64. The van der Waals surface area contributed by atoms with Crippen molar-refractivity contribution in [1.82, 2.24) is 9.61 Å². The fourth-order valence-corrected chi connectivity index (χ4v) is 3.64. The second kappa shape index (κ2) is 7.57. The van der Waals surface area contributed by atoms with Gasteiger partial charge in [-0.25, -0.2) is 9.31 Å². The van der Waals surface area contributed by atoms with Gasteiger partial charge in [0, 0.05) is 23.1 Å². The van der Waals surface area contributed by atoms with Crippen molar-refractivity contribution in [3.05, 3.63) is 69.4 Å². The molecule has 0 bridgehead atoms. The smallest absolute Gasteiger partial charge is 0.343 e. The van der Waals surface area contributed by atoms with Gasteiger partial charge in [0.15, 0.2) is 0 Å². The van der Waals surface area contributed by atoms with Gasteiger partial charge in [-0.3, -0.25) is 10.1 Å². The number of thioether (sulfide) groups is 1. The Morgan fingerprint density at radius 2 is 2.04 bits per heavy atom. The van der Waals surface area contributed by atoms with Crippen LogP contribution in [0, 0.1) is 17.0 Å². The first-order chi connectivity index (χ1) is 12.5. The highest BCUT2D eigenvalue weighted by Crippen LogP contribution is 2.32. The lowest BCUT2D eigenvalue weighted by Crippen LogP contribution is -2.05. The lowest BCUT2D eigenvalue weighted by atomic mass is 10.2. The standard InChI is InChI=1S/C18H17N3O4S/c1-3-25-18(22)16-15-10-6-7-12(2)20(15)19-17(16)26-11-13-8-4-5-9-14(13)21(23)24/h4-10H,3,11H2,1-2H3. The van der Waals surface area contributed by atoms with Crippen LogP contribution in [0.5, 0.6) is 0 Å². The Morgan fingerprint density at radius 1 is 1.27 bits per heavy atom. The lowest BCUT2D eigenvalue weighted by Gasteiger charge is -2.04. The first kappa shape index (κ1) is 17.9. The predicted octanol–water partition coefficient (Wildman–Crippen LogP) is 4.02. The minimum Gasteiger partial charge on any atom is -0.462 e. The molecule has 0 spiro atoms. The number of carbonyl (C=O) groups excluding carboxylic acids is 1. The maximum atomic E-state index is 12.4. The molecule has 26 heavy (non-hydrogen) atoms. The van der Waals surface area contributed by atoms with Crippen LogP contribution in [0.3, 0.4) is 0 Å². The summed E-state index contributed by atoms with van der Waals surface area (Å²) in [6.07, 6.45) is 0. The molecule has 0 aliphatic heterocycles. The molecule has 0 aliphatic carbocycles. The van der Waals surface area contributed by atoms with Crippen molar-refractivity contribution in [1.29, 1.82) is 0 Å². The highest BCUT2D eigenvalue weighted by molar-refractivity contribution is 7.98. The number of hydrogen-bond acceptors (Lipinski definition) is 6. The molecule has 0 aliphatic rings. The summed E-state index contributed by atoms with van der Waals surface area (Å²) in [5, 5.41) is 16.2. The number of nitro benzene ring substituents is 1. The SMILES string of the molecule is CCOC(=O)c1c(SCc2ccccc2[N+](=O)[O-])nn2c(C)cccc12. The van der Waals surface area contributed by atoms with Crippen LogP contribution in [0.25, 0.3) is 5.52 Å². The van der Waals surface area contributed by atoms with Gasteiger partial charge in [0.25, 0.3) is 5.69 Å². The van der Waals surface area contributed by atoms with E-state index in [4.69, 9.17) is 4.74 Å². The number of ether oxygens (including phenoxy) is 1. The number of pyridine rings is 1. The number of para-hydroxylation sites is 1. The molecule has 0 unspecified atom stereocenters. The molecule has 0 N–H and O–H groups in total. The second-order valence-corrected chi connectivity index (χ2v) is 6.50. The molecule has 7 nitrogen and oxygen atoms in total. The van der Waals surface area contributed by atoms with E-state index in [9.17, 15) is 14.9 Å². The Morgan fingerprint density at radius 3 is 2.77 bits per heavy atom. The number of rotatable bonds is 6. The van der Waals surface area contributed by atoms with Crippen molar-refractivity contribution >= 4 is 28.9 Å². The van der Waals surface area contributed by atoms with Crippen LogP contribution in [-0.2, 0) is 10.5 Å². The summed E-state index contributed by atoms with van der Waals surface area (Å²) in [5.74, 6) is -0.120. The third kappa shape index (κ3) is 3.41. The molecule has 0 saturated carbocycles. The second-order valence-electron chi connectivity index (χ2n) is 5.54. The topological polar surface area (TPSA) is 86.7 Å². The number of nitro groups is 1. The number of aromatic nitrogens is 2. The summed E-state index contributed by atoms with van der Waals surface area (Å²) in [5.41, 5.74) is 2.56. The maximum absolute atomic E-state index is 12.4. The summed E-state index contributed by atoms with van der Waals surface area (Å²) < 4.78 is 6.86. The van der Waals surface area contributed by atoms with Crippen molar-refractivity contribution in [3.63, 3.8) is 0 Å². The van der Waals surface area contributed by atoms with Crippen LogP contribution in [0.1, 0.15) is 28.5 Å². The molecule has 1 aromatic carbocycles. The van der Waals surface area contributed by atoms with Crippen LogP contribution in [0.15, 0.2) is 47.5 Å². The minimum absolute atomic E-state index is 0.0534. The summed E-state index contributed by atoms with van der Waals surface area (Å²) in [6.45, 7) is 3.90. The van der Waals surface area contributed by atoms with Crippen molar-refractivity contribution in [2.24, 2.45) is 0 Å². The molecule has 3 rings (SSSR count). The molecular formula is C18H17N3O4S. The fraction of sp³-hybridized carbons (Fsp3) is 0.222. The van der Waals surface area contributed by atoms with Crippen LogP contribution >= 0.6 is 11.8 Å². The molecule has 2 heterocycles. The van der Waals surface area contributed by atoms with E-state index in [0.29, 0.717) is 27.4 Å². The zero-order valence-electron chi connectivity index (χ0n) is 14.3. The molecule has 0 radical (unpaired) electrons. The first-order valence-corrected chi connectivity index (χ1v) is 9.02. The summed E-state index contributed by atoms with van der Waals surface area (Å²) in [7, 11) is 0. The van der Waals surface area contributed by atoms with Crippen molar-refractivity contribution in [3.8, 4) is 0 Å². The molecule has 0 saturated heterocycles. The van der Waals surface area contributed by atoms with Crippen LogP contribution in [-0.4, -0.2) is 27.1 Å². The number of nitrogens with zero attached hydrogens (tertiary/aromatic N) is 3. The van der Waals surface area contributed by atoms with Gasteiger partial charge in [0.2, 0.25) is 0 Å². The number of aryl methyl sites for hydroxylation is 1. The van der Waals surface area contributed by atoms with E-state index in [1.165, 1.54) is 17.8 Å². The largest absolute Gasteiger partial charge is 0.462 e. The quantitative estimate of drug-likeness (QED) is 0.281. The van der Waals surface area contributed by atoms with Gasteiger partial charge >= 0.3 is 5.97 Å². The molecular weight excluding hydrogens is 354 g/mol. The average molecular weight is 371 g/mol. The third-order valence-electron chi connectivity index (χ3n) is 3.85. The molecule has 2 aromatic heterocycles. The average Bonchev–Trinajstić information content (AvgIpc) is 3.00. The molecule has 3 aromatic rings. The number of fused-ring (bicyclic) bond motifs is 1. The van der Waals surface area contributed by atoms with Gasteiger partial charge in [0.05, 0.1) is 17.0 Å². The Hall–Kier alpha value is -2.87. The maximum Gasteiger partial charge on any atom is 0.343 e. The van der Waals surface area contributed by atoms with E-state index in [1.54, 1.807) is 35.7 Å². The molecule has 8 heteroatoms. The van der Waals surface area contributed by atoms with Crippen LogP contribution < -0.4 is 0 Å². The van der Waals surface area contributed by atoms with Crippen LogP contribution in [0.2, 0.25) is 0 Å². The summed E-state index contributed by atoms with van der Waals surface area (Å²) >= 11 is 1.28. The van der Waals surface area contributed by atoms with E-state index >= 15 is 0 Å². The summed E-state index contributed by atoms with van der Waals surface area (Å²) in [6, 6.07) is 12.1. The zero-order valence-corrected chi connectivity index (χ0v) is 15.2. The minimum atomic E-state index is -0.446. The highest BCUT2D eigenvalue weighted by Gasteiger charge is 2.23. The van der Waals surface area contributed by atoms with Gasteiger partial charge in [-0.1, -0.05) is 36.0 Å². The highest BCUT2D eigenvalue weighted by atomic mass is 32.2. The summed E-state index contributed by atoms with van der Waals surface area (Å²) in [4.78, 5) is 23.2. The van der Waals surface area contributed by atoms with Gasteiger partial charge in [0.1, 0.15) is 10.6 Å². The van der Waals surface area contributed by atoms with E-state index in [2.05, 4.69) is 5.10 Å². The van der Waals surface area contributed by atoms with Crippen molar-refractivity contribution < 1.29 is 14.5 Å². The van der Waals surface area contributed by atoms with E-state index in [-0.39, 0.29) is 12.3 Å². The number of benzene rings is 1. The zero-order chi connectivity index (χ0) is 18.7. The lowest BCUT2D eigenvalue weighted by molar-refractivity contribution is -0.385. The Balaban J connectivity index is 2.00. The van der Waals surface area contributed by atoms with Gasteiger partial charge < -0.3 is 4.74 Å². The van der Waals surface area contributed by atoms with E-state index < -0.39 is 10.9 Å². The van der Waals surface area contributed by atoms with Gasteiger partial charge in [-0.05, 0) is 26.0 Å². The monoisotopic (exact) mass is 371 g/mol. The van der Waals surface area contributed by atoms with Crippen molar-refractivity contribution in [2.45, 2.75) is 24.6 Å². The van der Waals surface area contributed by atoms with E-state index in [1.807, 2.05) is 19.1 Å². The Kier molecular flexibility index (Phi) is 5.22. The number of carbonyl (C=O) groups is 1. The third-order valence-corrected chi connectivity index (χ3v) is 4.86. The number of hydrogen-bond donors (Lipinski definition) is 0. The predicted molar refractivity (Wildman–Crippen MR) is 98.5 cm³/mol. The first-order valence-electron chi connectivity index (χ1n) is 8.03. The Bertz CT molecular complexity index is 984. The molecule has 0 fully saturated rings.